The van der Waals surface area contributed by atoms with Crippen LogP contribution in [0.25, 0.3) is 0 Å². The summed E-state index contributed by atoms with van der Waals surface area (Å²) in [6, 6.07) is 0. The van der Waals surface area contributed by atoms with Crippen molar-refractivity contribution in [3.8, 4) is 0 Å². The van der Waals surface area contributed by atoms with Gasteiger partial charge in [0.05, 0.1) is 12.4 Å². The number of aliphatic hydroxyl groups is 1. The Bertz CT molecular complexity index is 350. The molecule has 3 heteroatoms. The number of allylic oxidation sites excluding steroid dienone is 6. The Hall–Kier alpha value is -1.51. The highest BCUT2D eigenvalue weighted by molar-refractivity contribution is 5.69. The summed E-state index contributed by atoms with van der Waals surface area (Å²) in [5.41, 5.74) is 0.933. The number of esters is 1. The van der Waals surface area contributed by atoms with Gasteiger partial charge in [0.15, 0.2) is 0 Å². The predicted octanol–water partition coefficient (Wildman–Crippen LogP) is 4.22. The van der Waals surface area contributed by atoms with Crippen LogP contribution in [-0.2, 0) is 9.53 Å². The van der Waals surface area contributed by atoms with Crippen molar-refractivity contribution in [1.82, 2.24) is 0 Å². The van der Waals surface area contributed by atoms with Crippen LogP contribution >= 0.6 is 0 Å². The van der Waals surface area contributed by atoms with E-state index in [1.807, 2.05) is 31.2 Å². The average molecular weight is 264 g/mol. The molecule has 1 rings (SSSR count). The summed E-state index contributed by atoms with van der Waals surface area (Å²) in [5.74, 6) is 0.390. The summed E-state index contributed by atoms with van der Waals surface area (Å²) in [4.78, 5) is 11.1. The van der Waals surface area contributed by atoms with E-state index in [1.165, 1.54) is 0 Å². The van der Waals surface area contributed by atoms with E-state index < -0.39 is 0 Å². The first-order valence-electron chi connectivity index (χ1n) is 7.16. The standard InChI is InChI=1S/C16H24O3/c1-2-19-16(18)13-7-5-3-4-6-12-15(17)14-10-8-9-11-14/h8-11,17H,2-7,12-13H2,1H3. The number of rotatable bonds is 9. The molecular weight excluding hydrogens is 240 g/mol. The summed E-state index contributed by atoms with van der Waals surface area (Å²) in [5, 5.41) is 9.80. The first-order valence-corrected chi connectivity index (χ1v) is 7.16. The molecule has 0 unspecified atom stereocenters. The van der Waals surface area contributed by atoms with Crippen LogP contribution in [0, 0.1) is 0 Å². The SMILES string of the molecule is CCOC(=O)CCCCCCCC(O)=C1C=CC=C1. The van der Waals surface area contributed by atoms with E-state index in [1.54, 1.807) is 0 Å². The second-order valence-corrected chi connectivity index (χ2v) is 4.69. The maximum Gasteiger partial charge on any atom is 0.305 e. The van der Waals surface area contributed by atoms with Crippen molar-refractivity contribution in [2.75, 3.05) is 6.61 Å². The van der Waals surface area contributed by atoms with Crippen LogP contribution in [0.4, 0.5) is 0 Å². The monoisotopic (exact) mass is 264 g/mol. The smallest absolute Gasteiger partial charge is 0.305 e. The second kappa shape index (κ2) is 9.42. The molecule has 1 N–H and O–H groups in total. The Morgan fingerprint density at radius 2 is 1.63 bits per heavy atom. The van der Waals surface area contributed by atoms with Crippen LogP contribution < -0.4 is 0 Å². The van der Waals surface area contributed by atoms with Crippen LogP contribution in [0.5, 0.6) is 0 Å². The molecule has 0 aromatic carbocycles. The van der Waals surface area contributed by atoms with Gasteiger partial charge in [0.2, 0.25) is 0 Å². The van der Waals surface area contributed by atoms with Crippen LogP contribution in [0.1, 0.15) is 51.9 Å². The van der Waals surface area contributed by atoms with Crippen molar-refractivity contribution in [3.63, 3.8) is 0 Å². The fraction of sp³-hybridized carbons (Fsp3) is 0.562. The molecule has 0 aromatic rings. The molecule has 0 saturated heterocycles. The van der Waals surface area contributed by atoms with Gasteiger partial charge in [0.25, 0.3) is 0 Å². The lowest BCUT2D eigenvalue weighted by atomic mass is 10.1. The van der Waals surface area contributed by atoms with Gasteiger partial charge in [-0.15, -0.1) is 0 Å². The van der Waals surface area contributed by atoms with Gasteiger partial charge < -0.3 is 9.84 Å². The highest BCUT2D eigenvalue weighted by atomic mass is 16.5. The van der Waals surface area contributed by atoms with Gasteiger partial charge in [-0.25, -0.2) is 0 Å². The summed E-state index contributed by atoms with van der Waals surface area (Å²) in [6.45, 7) is 2.29. The molecule has 3 nitrogen and oxygen atoms in total. The van der Waals surface area contributed by atoms with Crippen molar-refractivity contribution >= 4 is 5.97 Å². The zero-order chi connectivity index (χ0) is 13.9. The van der Waals surface area contributed by atoms with Gasteiger partial charge in [-0.3, -0.25) is 4.79 Å². The number of aliphatic hydroxyl groups excluding tert-OH is 1. The largest absolute Gasteiger partial charge is 0.512 e. The van der Waals surface area contributed by atoms with E-state index >= 15 is 0 Å². The summed E-state index contributed by atoms with van der Waals surface area (Å²) >= 11 is 0. The fourth-order valence-electron chi connectivity index (χ4n) is 2.04. The quantitative estimate of drug-likeness (QED) is 0.385. The van der Waals surface area contributed by atoms with Gasteiger partial charge in [-0.2, -0.15) is 0 Å². The Balaban J connectivity index is 1.97. The van der Waals surface area contributed by atoms with Crippen molar-refractivity contribution in [1.29, 1.82) is 0 Å². The molecule has 1 aliphatic rings. The second-order valence-electron chi connectivity index (χ2n) is 4.69. The summed E-state index contributed by atoms with van der Waals surface area (Å²) in [6.07, 6.45) is 14.1. The molecule has 106 valence electrons. The molecule has 1 aliphatic carbocycles. The summed E-state index contributed by atoms with van der Waals surface area (Å²) in [7, 11) is 0. The third kappa shape index (κ3) is 6.85. The zero-order valence-corrected chi connectivity index (χ0v) is 11.7. The predicted molar refractivity (Wildman–Crippen MR) is 76.9 cm³/mol. The number of ether oxygens (including phenoxy) is 1. The molecule has 0 saturated carbocycles. The van der Waals surface area contributed by atoms with Crippen LogP contribution in [0.15, 0.2) is 35.6 Å². The normalized spacial score (nSPS) is 13.0. The maximum atomic E-state index is 11.1. The third-order valence-electron chi connectivity index (χ3n) is 3.10. The van der Waals surface area contributed by atoms with Crippen LogP contribution in [0.3, 0.4) is 0 Å². The van der Waals surface area contributed by atoms with Gasteiger partial charge in [0.1, 0.15) is 0 Å². The van der Waals surface area contributed by atoms with Gasteiger partial charge in [-0.1, -0.05) is 43.6 Å². The fourth-order valence-corrected chi connectivity index (χ4v) is 2.04. The van der Waals surface area contributed by atoms with Crippen molar-refractivity contribution in [3.05, 3.63) is 35.6 Å². The molecule has 0 heterocycles. The maximum absolute atomic E-state index is 11.1. The Morgan fingerprint density at radius 1 is 1.05 bits per heavy atom. The van der Waals surface area contributed by atoms with Gasteiger partial charge >= 0.3 is 5.97 Å². The lowest BCUT2D eigenvalue weighted by Gasteiger charge is -2.04. The molecule has 0 aliphatic heterocycles. The van der Waals surface area contributed by atoms with Gasteiger partial charge in [-0.05, 0) is 19.8 Å². The highest BCUT2D eigenvalue weighted by Gasteiger charge is 2.03. The molecule has 19 heavy (non-hydrogen) atoms. The minimum Gasteiger partial charge on any atom is -0.512 e. The Kier molecular flexibility index (Phi) is 7.71. The molecular formula is C16H24O3. The molecule has 0 aromatic heterocycles. The zero-order valence-electron chi connectivity index (χ0n) is 11.7. The van der Waals surface area contributed by atoms with E-state index in [-0.39, 0.29) is 5.97 Å². The minimum absolute atomic E-state index is 0.0929. The molecule has 0 atom stereocenters. The number of unbranched alkanes of at least 4 members (excludes halogenated alkanes) is 4. The van der Waals surface area contributed by atoms with E-state index in [0.717, 1.165) is 44.1 Å². The minimum atomic E-state index is -0.0929. The van der Waals surface area contributed by atoms with Crippen molar-refractivity contribution in [2.24, 2.45) is 0 Å². The van der Waals surface area contributed by atoms with E-state index in [4.69, 9.17) is 4.74 Å². The summed E-state index contributed by atoms with van der Waals surface area (Å²) < 4.78 is 4.87. The lowest BCUT2D eigenvalue weighted by Crippen LogP contribution is -2.03. The lowest BCUT2D eigenvalue weighted by molar-refractivity contribution is -0.143. The van der Waals surface area contributed by atoms with Crippen LogP contribution in [0.2, 0.25) is 0 Å². The highest BCUT2D eigenvalue weighted by Crippen LogP contribution is 2.17. The first kappa shape index (κ1) is 15.5. The first-order chi connectivity index (χ1) is 9.24. The number of carbonyl (C=O) groups is 1. The Morgan fingerprint density at radius 3 is 2.26 bits per heavy atom. The van der Waals surface area contributed by atoms with E-state index in [9.17, 15) is 9.90 Å². The molecule has 0 spiro atoms. The average Bonchev–Trinajstić information content (AvgIpc) is 2.91. The number of carbonyl (C=O) groups excluding carboxylic acids is 1. The van der Waals surface area contributed by atoms with Crippen molar-refractivity contribution < 1.29 is 14.6 Å². The molecule has 0 bridgehead atoms. The van der Waals surface area contributed by atoms with E-state index in [0.29, 0.717) is 18.8 Å². The number of hydrogen-bond acceptors (Lipinski definition) is 3. The van der Waals surface area contributed by atoms with Crippen LogP contribution in [-0.4, -0.2) is 17.7 Å². The molecule has 0 amide bonds. The molecule has 0 fully saturated rings. The van der Waals surface area contributed by atoms with Gasteiger partial charge in [0, 0.05) is 18.4 Å². The number of hydrogen-bond donors (Lipinski definition) is 1. The third-order valence-corrected chi connectivity index (χ3v) is 3.10. The topological polar surface area (TPSA) is 46.5 Å². The van der Waals surface area contributed by atoms with E-state index in [2.05, 4.69) is 0 Å². The Labute approximate surface area is 115 Å². The molecule has 0 radical (unpaired) electrons. The van der Waals surface area contributed by atoms with Crippen molar-refractivity contribution in [2.45, 2.75) is 51.9 Å².